The van der Waals surface area contributed by atoms with Crippen LogP contribution in [0.1, 0.15) is 63.1 Å². The van der Waals surface area contributed by atoms with Crippen molar-refractivity contribution in [3.05, 3.63) is 28.8 Å². The molecule has 0 saturated heterocycles. The van der Waals surface area contributed by atoms with Crippen LogP contribution in [0, 0.1) is 6.92 Å². The maximum absolute atomic E-state index is 5.44. The van der Waals surface area contributed by atoms with Crippen molar-refractivity contribution >= 4 is 23.0 Å². The van der Waals surface area contributed by atoms with E-state index < -0.39 is 0 Å². The van der Waals surface area contributed by atoms with Crippen LogP contribution in [0.25, 0.3) is 0 Å². The number of hydrogen-bond donors (Lipinski definition) is 2. The fraction of sp³-hybridized carbons (Fsp3) is 0.611. The molecule has 21 heavy (non-hydrogen) atoms. The van der Waals surface area contributed by atoms with Gasteiger partial charge in [-0.15, -0.1) is 0 Å². The van der Waals surface area contributed by atoms with E-state index in [0.717, 1.165) is 24.5 Å². The highest BCUT2D eigenvalue weighted by molar-refractivity contribution is 7.80. The van der Waals surface area contributed by atoms with Gasteiger partial charge in [0.15, 0.2) is 5.11 Å². The average Bonchev–Trinajstić information content (AvgIpc) is 2.48. The van der Waals surface area contributed by atoms with Crippen molar-refractivity contribution < 1.29 is 0 Å². The molecule has 2 N–H and O–H groups in total. The Morgan fingerprint density at radius 2 is 1.62 bits per heavy atom. The first-order valence-corrected chi connectivity index (χ1v) is 8.70. The van der Waals surface area contributed by atoms with E-state index in [1.54, 1.807) is 0 Å². The molecule has 1 rings (SSSR count). The third kappa shape index (κ3) is 6.04. The van der Waals surface area contributed by atoms with Crippen molar-refractivity contribution in [2.45, 2.75) is 66.2 Å². The molecule has 3 heteroatoms. The number of hydrogen-bond acceptors (Lipinski definition) is 1. The van der Waals surface area contributed by atoms with Crippen LogP contribution in [-0.2, 0) is 12.8 Å². The van der Waals surface area contributed by atoms with Crippen molar-refractivity contribution in [1.82, 2.24) is 5.32 Å². The Bertz CT molecular complexity index is 430. The van der Waals surface area contributed by atoms with Crippen molar-refractivity contribution in [3.8, 4) is 0 Å². The minimum absolute atomic E-state index is 0.750. The molecule has 0 heterocycles. The molecule has 0 aromatic heterocycles. The van der Waals surface area contributed by atoms with E-state index in [0.29, 0.717) is 0 Å². The molecule has 0 radical (unpaired) electrons. The highest BCUT2D eigenvalue weighted by Crippen LogP contribution is 2.24. The van der Waals surface area contributed by atoms with Gasteiger partial charge in [0.05, 0.1) is 0 Å². The molecule has 0 fully saturated rings. The van der Waals surface area contributed by atoms with Crippen LogP contribution in [0.5, 0.6) is 0 Å². The lowest BCUT2D eigenvalue weighted by molar-refractivity contribution is 0.655. The second-order valence-corrected chi connectivity index (χ2v) is 6.02. The van der Waals surface area contributed by atoms with Gasteiger partial charge in [0, 0.05) is 12.2 Å². The zero-order valence-corrected chi connectivity index (χ0v) is 14.8. The molecule has 118 valence electrons. The number of thiocarbonyl (C=S) groups is 1. The van der Waals surface area contributed by atoms with E-state index in [2.05, 4.69) is 50.5 Å². The summed E-state index contributed by atoms with van der Waals surface area (Å²) in [5.41, 5.74) is 5.23. The lowest BCUT2D eigenvalue weighted by Crippen LogP contribution is -2.30. The molecule has 0 bridgehead atoms. The quantitative estimate of drug-likeness (QED) is 0.523. The zero-order chi connectivity index (χ0) is 15.7. The largest absolute Gasteiger partial charge is 0.362 e. The smallest absolute Gasteiger partial charge is 0.170 e. The zero-order valence-electron chi connectivity index (χ0n) is 14.0. The highest BCUT2D eigenvalue weighted by atomic mass is 32.1. The Hall–Kier alpha value is -1.09. The first kappa shape index (κ1) is 18.0. The first-order valence-electron chi connectivity index (χ1n) is 8.29. The van der Waals surface area contributed by atoms with E-state index in [-0.39, 0.29) is 0 Å². The van der Waals surface area contributed by atoms with Gasteiger partial charge < -0.3 is 10.6 Å². The standard InChI is InChI=1S/C18H30N2S/c1-5-8-9-10-11-19-18(21)20-17-15(6-2)12-14(4)13-16(17)7-3/h12-13H,5-11H2,1-4H3,(H2,19,20,21). The van der Waals surface area contributed by atoms with E-state index >= 15 is 0 Å². The molecule has 0 aliphatic heterocycles. The number of aryl methyl sites for hydroxylation is 3. The number of benzene rings is 1. The predicted octanol–water partition coefficient (Wildman–Crippen LogP) is 4.99. The average molecular weight is 307 g/mol. The minimum Gasteiger partial charge on any atom is -0.362 e. The Balaban J connectivity index is 2.62. The molecule has 0 unspecified atom stereocenters. The van der Waals surface area contributed by atoms with Crippen molar-refractivity contribution in [1.29, 1.82) is 0 Å². The topological polar surface area (TPSA) is 24.1 Å². The lowest BCUT2D eigenvalue weighted by Gasteiger charge is -2.18. The predicted molar refractivity (Wildman–Crippen MR) is 98.3 cm³/mol. The van der Waals surface area contributed by atoms with Gasteiger partial charge in [-0.05, 0) is 49.5 Å². The second kappa shape index (κ2) is 9.78. The number of unbranched alkanes of at least 4 members (excludes halogenated alkanes) is 3. The van der Waals surface area contributed by atoms with Crippen LogP contribution in [0.15, 0.2) is 12.1 Å². The third-order valence-electron chi connectivity index (χ3n) is 3.76. The molecule has 0 aliphatic rings. The molecule has 0 spiro atoms. The number of anilines is 1. The van der Waals surface area contributed by atoms with Gasteiger partial charge in [-0.1, -0.05) is 57.7 Å². The van der Waals surface area contributed by atoms with Gasteiger partial charge in [0.2, 0.25) is 0 Å². The van der Waals surface area contributed by atoms with Crippen molar-refractivity contribution in [3.63, 3.8) is 0 Å². The summed E-state index contributed by atoms with van der Waals surface area (Å²) < 4.78 is 0. The summed E-state index contributed by atoms with van der Waals surface area (Å²) in [6.45, 7) is 9.74. The first-order chi connectivity index (χ1) is 10.1. The molecule has 0 saturated carbocycles. The molecular weight excluding hydrogens is 276 g/mol. The fourth-order valence-corrected chi connectivity index (χ4v) is 2.78. The minimum atomic E-state index is 0.750. The second-order valence-electron chi connectivity index (χ2n) is 5.61. The van der Waals surface area contributed by atoms with Crippen LogP contribution in [0.2, 0.25) is 0 Å². The highest BCUT2D eigenvalue weighted by Gasteiger charge is 2.09. The fourth-order valence-electron chi connectivity index (χ4n) is 2.57. The monoisotopic (exact) mass is 306 g/mol. The Morgan fingerprint density at radius 1 is 1.00 bits per heavy atom. The maximum Gasteiger partial charge on any atom is 0.170 e. The van der Waals surface area contributed by atoms with Gasteiger partial charge in [-0.3, -0.25) is 0 Å². The summed E-state index contributed by atoms with van der Waals surface area (Å²) in [6, 6.07) is 4.51. The molecule has 0 amide bonds. The van der Waals surface area contributed by atoms with Crippen molar-refractivity contribution in [2.75, 3.05) is 11.9 Å². The third-order valence-corrected chi connectivity index (χ3v) is 4.01. The van der Waals surface area contributed by atoms with E-state index in [9.17, 15) is 0 Å². The summed E-state index contributed by atoms with van der Waals surface area (Å²) in [7, 11) is 0. The van der Waals surface area contributed by atoms with Crippen LogP contribution < -0.4 is 10.6 Å². The van der Waals surface area contributed by atoms with Gasteiger partial charge in [-0.2, -0.15) is 0 Å². The summed E-state index contributed by atoms with van der Waals surface area (Å²) in [5, 5.41) is 7.50. The van der Waals surface area contributed by atoms with E-state index in [4.69, 9.17) is 12.2 Å². The van der Waals surface area contributed by atoms with Crippen LogP contribution in [0.4, 0.5) is 5.69 Å². The Labute approximate surface area is 135 Å². The van der Waals surface area contributed by atoms with Gasteiger partial charge in [-0.25, -0.2) is 0 Å². The number of rotatable bonds is 8. The summed E-state index contributed by atoms with van der Waals surface area (Å²) >= 11 is 5.44. The summed E-state index contributed by atoms with van der Waals surface area (Å²) in [5.74, 6) is 0. The van der Waals surface area contributed by atoms with Crippen LogP contribution >= 0.6 is 12.2 Å². The van der Waals surface area contributed by atoms with Gasteiger partial charge >= 0.3 is 0 Å². The SMILES string of the molecule is CCCCCCNC(=S)Nc1c(CC)cc(C)cc1CC. The van der Waals surface area contributed by atoms with E-state index in [1.165, 1.54) is 48.1 Å². The lowest BCUT2D eigenvalue weighted by atomic mass is 10.00. The van der Waals surface area contributed by atoms with Crippen LogP contribution in [0.3, 0.4) is 0 Å². The Kier molecular flexibility index (Phi) is 8.36. The molecule has 1 aromatic rings. The number of nitrogens with one attached hydrogen (secondary N) is 2. The normalized spacial score (nSPS) is 10.5. The molecule has 2 nitrogen and oxygen atoms in total. The summed E-state index contributed by atoms with van der Waals surface area (Å²) in [4.78, 5) is 0. The Morgan fingerprint density at radius 3 is 2.14 bits per heavy atom. The van der Waals surface area contributed by atoms with Crippen molar-refractivity contribution in [2.24, 2.45) is 0 Å². The molecule has 0 atom stereocenters. The van der Waals surface area contributed by atoms with Gasteiger partial charge in [0.25, 0.3) is 0 Å². The van der Waals surface area contributed by atoms with E-state index in [1.807, 2.05) is 0 Å². The van der Waals surface area contributed by atoms with Crippen LogP contribution in [-0.4, -0.2) is 11.7 Å². The molecule has 0 aliphatic carbocycles. The maximum atomic E-state index is 5.44. The van der Waals surface area contributed by atoms with Gasteiger partial charge in [0.1, 0.15) is 0 Å². The molecular formula is C18H30N2S. The molecule has 1 aromatic carbocycles. The summed E-state index contributed by atoms with van der Waals surface area (Å²) in [6.07, 6.45) is 7.08.